The predicted octanol–water partition coefficient (Wildman–Crippen LogP) is 3.86. The van der Waals surface area contributed by atoms with Crippen LogP contribution in [0, 0.1) is 5.82 Å². The summed E-state index contributed by atoms with van der Waals surface area (Å²) in [7, 11) is -3.77. The minimum Gasteiger partial charge on any atom is -0.376 e. The lowest BCUT2D eigenvalue weighted by atomic mass is 10.2. The topological polar surface area (TPSA) is 79.8 Å². The standard InChI is InChI=1S/C21H22FN3O4S3/c22-15-6-1-8-17-19(15)23-21(31-17)24(13-14-5-3-11-29-14)20(26)16-7-2-10-25(16)32(27,28)18-9-4-12-30-18/h1,4,6,8-9,12,14,16H,2-3,5,7,10-11,13H2. The van der Waals surface area contributed by atoms with Crippen LogP contribution in [0.15, 0.2) is 39.9 Å². The van der Waals surface area contributed by atoms with E-state index in [0.717, 1.165) is 24.2 Å². The smallest absolute Gasteiger partial charge is 0.253 e. The highest BCUT2D eigenvalue weighted by Gasteiger charge is 2.43. The molecule has 32 heavy (non-hydrogen) atoms. The Bertz CT molecular complexity index is 1220. The fourth-order valence-corrected chi connectivity index (χ4v) is 8.02. The normalized spacial score (nSPS) is 22.0. The van der Waals surface area contributed by atoms with Gasteiger partial charge in [-0.3, -0.25) is 9.69 Å². The van der Waals surface area contributed by atoms with Crippen molar-refractivity contribution >= 4 is 54.0 Å². The highest BCUT2D eigenvalue weighted by atomic mass is 32.2. The van der Waals surface area contributed by atoms with Gasteiger partial charge in [-0.25, -0.2) is 17.8 Å². The summed E-state index contributed by atoms with van der Waals surface area (Å²) in [4.78, 5) is 19.7. The van der Waals surface area contributed by atoms with E-state index in [0.29, 0.717) is 35.8 Å². The van der Waals surface area contributed by atoms with E-state index in [1.54, 1.807) is 29.6 Å². The third-order valence-corrected chi connectivity index (χ3v) is 10.1. The molecule has 0 N–H and O–H groups in total. The maximum Gasteiger partial charge on any atom is 0.253 e. The number of thiazole rings is 1. The molecule has 0 aliphatic carbocycles. The summed E-state index contributed by atoms with van der Waals surface area (Å²) in [6.45, 7) is 1.19. The lowest BCUT2D eigenvalue weighted by molar-refractivity contribution is -0.122. The summed E-state index contributed by atoms with van der Waals surface area (Å²) < 4.78 is 48.5. The number of benzene rings is 1. The van der Waals surface area contributed by atoms with E-state index < -0.39 is 21.9 Å². The molecule has 7 nitrogen and oxygen atoms in total. The van der Waals surface area contributed by atoms with E-state index in [1.807, 2.05) is 0 Å². The molecule has 4 heterocycles. The molecule has 0 radical (unpaired) electrons. The van der Waals surface area contributed by atoms with Crippen LogP contribution in [0.4, 0.5) is 9.52 Å². The lowest BCUT2D eigenvalue weighted by Crippen LogP contribution is -2.49. The number of rotatable bonds is 6. The number of para-hydroxylation sites is 1. The van der Waals surface area contributed by atoms with Gasteiger partial charge in [0.1, 0.15) is 21.6 Å². The summed E-state index contributed by atoms with van der Waals surface area (Å²) in [6, 6.07) is 7.13. The number of hydrogen-bond donors (Lipinski definition) is 0. The van der Waals surface area contributed by atoms with Crippen LogP contribution in [0.1, 0.15) is 25.7 Å². The summed E-state index contributed by atoms with van der Waals surface area (Å²) in [5, 5.41) is 2.07. The molecule has 1 amide bonds. The van der Waals surface area contributed by atoms with E-state index in [9.17, 15) is 17.6 Å². The SMILES string of the molecule is O=C(C1CCCN1S(=O)(=O)c1cccs1)N(CC1CCCO1)c1nc2c(F)cccc2s1. The molecule has 0 saturated carbocycles. The quantitative estimate of drug-likeness (QED) is 0.519. The molecule has 3 aromatic rings. The van der Waals surface area contributed by atoms with Gasteiger partial charge < -0.3 is 4.74 Å². The van der Waals surface area contributed by atoms with Crippen LogP contribution in [0.5, 0.6) is 0 Å². The largest absolute Gasteiger partial charge is 0.376 e. The zero-order chi connectivity index (χ0) is 22.3. The van der Waals surface area contributed by atoms with Gasteiger partial charge in [-0.05, 0) is 49.3 Å². The number of carbonyl (C=O) groups is 1. The molecular weight excluding hydrogens is 473 g/mol. The van der Waals surface area contributed by atoms with Crippen LogP contribution in [-0.4, -0.2) is 55.5 Å². The molecule has 0 spiro atoms. The van der Waals surface area contributed by atoms with Crippen LogP contribution >= 0.6 is 22.7 Å². The molecular formula is C21H22FN3O4S3. The fourth-order valence-electron chi connectivity index (χ4n) is 4.25. The number of fused-ring (bicyclic) bond motifs is 1. The minimum absolute atomic E-state index is 0.153. The molecule has 2 aromatic heterocycles. The number of nitrogens with zero attached hydrogens (tertiary/aromatic N) is 3. The van der Waals surface area contributed by atoms with Crippen molar-refractivity contribution in [3.63, 3.8) is 0 Å². The third-order valence-electron chi connectivity index (χ3n) is 5.81. The Morgan fingerprint density at radius 1 is 1.25 bits per heavy atom. The number of anilines is 1. The van der Waals surface area contributed by atoms with Crippen molar-refractivity contribution in [1.29, 1.82) is 0 Å². The van der Waals surface area contributed by atoms with Gasteiger partial charge in [-0.2, -0.15) is 4.31 Å². The number of thiophene rings is 1. The maximum atomic E-state index is 14.3. The van der Waals surface area contributed by atoms with Crippen molar-refractivity contribution in [1.82, 2.24) is 9.29 Å². The number of halogens is 1. The molecule has 1 aromatic carbocycles. The average molecular weight is 496 g/mol. The van der Waals surface area contributed by atoms with Crippen molar-refractivity contribution in [3.05, 3.63) is 41.5 Å². The predicted molar refractivity (Wildman–Crippen MR) is 122 cm³/mol. The molecule has 2 aliphatic rings. The van der Waals surface area contributed by atoms with Crippen molar-refractivity contribution < 1.29 is 22.3 Å². The van der Waals surface area contributed by atoms with E-state index in [1.165, 1.54) is 26.6 Å². The van der Waals surface area contributed by atoms with Gasteiger partial charge in [0.05, 0.1) is 17.3 Å². The monoisotopic (exact) mass is 495 g/mol. The Hall–Kier alpha value is -1.92. The zero-order valence-corrected chi connectivity index (χ0v) is 19.6. The lowest BCUT2D eigenvalue weighted by Gasteiger charge is -2.29. The van der Waals surface area contributed by atoms with Crippen LogP contribution in [0.2, 0.25) is 0 Å². The molecule has 170 valence electrons. The number of aromatic nitrogens is 1. The van der Waals surface area contributed by atoms with Crippen molar-refractivity contribution in [2.24, 2.45) is 0 Å². The maximum absolute atomic E-state index is 14.3. The Balaban J connectivity index is 1.50. The highest BCUT2D eigenvalue weighted by molar-refractivity contribution is 7.91. The fraction of sp³-hybridized carbons (Fsp3) is 0.429. The Labute approximate surface area is 193 Å². The number of carbonyl (C=O) groups excluding carboxylic acids is 1. The van der Waals surface area contributed by atoms with Crippen molar-refractivity contribution in [2.45, 2.75) is 42.0 Å². The number of sulfonamides is 1. The molecule has 0 bridgehead atoms. The number of amides is 1. The van der Waals surface area contributed by atoms with Gasteiger partial charge in [0, 0.05) is 13.2 Å². The van der Waals surface area contributed by atoms with E-state index in [-0.39, 0.29) is 28.3 Å². The van der Waals surface area contributed by atoms with Crippen molar-refractivity contribution in [2.75, 3.05) is 24.6 Å². The summed E-state index contributed by atoms with van der Waals surface area (Å²) in [5.41, 5.74) is 0.215. The molecule has 5 rings (SSSR count). The second kappa shape index (κ2) is 8.79. The first kappa shape index (κ1) is 21.9. The van der Waals surface area contributed by atoms with Gasteiger partial charge >= 0.3 is 0 Å². The number of ether oxygens (including phenoxy) is 1. The highest BCUT2D eigenvalue weighted by Crippen LogP contribution is 2.34. The molecule has 2 atom stereocenters. The molecule has 2 aliphatic heterocycles. The van der Waals surface area contributed by atoms with Crippen LogP contribution < -0.4 is 4.90 Å². The first-order valence-electron chi connectivity index (χ1n) is 10.5. The second-order valence-electron chi connectivity index (χ2n) is 7.87. The summed E-state index contributed by atoms with van der Waals surface area (Å²) >= 11 is 2.37. The van der Waals surface area contributed by atoms with Crippen LogP contribution in [0.25, 0.3) is 10.2 Å². The summed E-state index contributed by atoms with van der Waals surface area (Å²) in [5.74, 6) is -0.783. The van der Waals surface area contributed by atoms with Gasteiger partial charge in [0.2, 0.25) is 5.91 Å². The van der Waals surface area contributed by atoms with Gasteiger partial charge in [0.25, 0.3) is 10.0 Å². The molecule has 11 heteroatoms. The molecule has 2 unspecified atom stereocenters. The minimum atomic E-state index is -3.77. The Morgan fingerprint density at radius 2 is 2.12 bits per heavy atom. The summed E-state index contributed by atoms with van der Waals surface area (Å²) in [6.07, 6.45) is 2.60. The first-order valence-corrected chi connectivity index (χ1v) is 13.6. The Morgan fingerprint density at radius 3 is 2.84 bits per heavy atom. The van der Waals surface area contributed by atoms with Crippen LogP contribution in [-0.2, 0) is 19.6 Å². The zero-order valence-electron chi connectivity index (χ0n) is 17.1. The number of hydrogen-bond acceptors (Lipinski definition) is 7. The molecule has 2 saturated heterocycles. The third kappa shape index (κ3) is 3.96. The van der Waals surface area contributed by atoms with E-state index in [2.05, 4.69) is 4.98 Å². The van der Waals surface area contributed by atoms with E-state index in [4.69, 9.17) is 4.74 Å². The second-order valence-corrected chi connectivity index (χ2v) is 11.9. The first-order chi connectivity index (χ1) is 15.4. The van der Waals surface area contributed by atoms with Gasteiger partial charge in [-0.1, -0.05) is 23.5 Å². The van der Waals surface area contributed by atoms with Gasteiger partial charge in [-0.15, -0.1) is 11.3 Å². The molecule has 2 fully saturated rings. The Kier molecular flexibility index (Phi) is 6.01. The van der Waals surface area contributed by atoms with E-state index >= 15 is 0 Å². The average Bonchev–Trinajstić information content (AvgIpc) is 3.57. The van der Waals surface area contributed by atoms with Gasteiger partial charge in [0.15, 0.2) is 5.13 Å². The van der Waals surface area contributed by atoms with Crippen LogP contribution in [0.3, 0.4) is 0 Å². The van der Waals surface area contributed by atoms with Crippen molar-refractivity contribution in [3.8, 4) is 0 Å².